The minimum Gasteiger partial charge on any atom is -0.377 e. The third kappa shape index (κ3) is 4.12. The van der Waals surface area contributed by atoms with E-state index in [2.05, 4.69) is 37.8 Å². The molecule has 118 valence electrons. The van der Waals surface area contributed by atoms with Gasteiger partial charge in [-0.1, -0.05) is 6.92 Å². The molecule has 0 amide bonds. The summed E-state index contributed by atoms with van der Waals surface area (Å²) in [6.45, 7) is 9.24. The molecule has 3 unspecified atom stereocenters. The van der Waals surface area contributed by atoms with Crippen molar-refractivity contribution in [1.29, 1.82) is 0 Å². The summed E-state index contributed by atoms with van der Waals surface area (Å²) in [5.41, 5.74) is 0.174. The maximum atomic E-state index is 6.22. The number of nitrogens with one attached hydrogen (secondary N) is 1. The molecular weight excluding hydrogens is 270 g/mol. The van der Waals surface area contributed by atoms with Crippen LogP contribution in [0.1, 0.15) is 46.5 Å². The predicted octanol–water partition coefficient (Wildman–Crippen LogP) is 3.08. The lowest BCUT2D eigenvalue weighted by atomic mass is 9.77. The highest BCUT2D eigenvalue weighted by Crippen LogP contribution is 2.41. The fourth-order valence-electron chi connectivity index (χ4n) is 3.78. The van der Waals surface area contributed by atoms with E-state index in [1.54, 1.807) is 0 Å². The molecule has 0 saturated carbocycles. The zero-order valence-corrected chi connectivity index (χ0v) is 14.1. The lowest BCUT2D eigenvalue weighted by molar-refractivity contribution is -0.115. The standard InChI is InChI=1S/C16H31NO2S/c1-4-17-15(13(3)18-5-2)14-6-9-19-16(12-14)7-10-20-11-8-16/h13-15,17H,4-12H2,1-3H3. The molecule has 2 fully saturated rings. The van der Waals surface area contributed by atoms with E-state index in [1.165, 1.54) is 37.2 Å². The van der Waals surface area contributed by atoms with Gasteiger partial charge in [-0.3, -0.25) is 0 Å². The van der Waals surface area contributed by atoms with Crippen molar-refractivity contribution in [2.75, 3.05) is 31.3 Å². The number of thioether (sulfide) groups is 1. The first-order valence-corrected chi connectivity index (χ1v) is 9.43. The third-order valence-electron chi connectivity index (χ3n) is 4.82. The fourth-order valence-corrected chi connectivity index (χ4v) is 5.02. The molecule has 0 aromatic rings. The topological polar surface area (TPSA) is 30.5 Å². The van der Waals surface area contributed by atoms with Crippen LogP contribution in [0.2, 0.25) is 0 Å². The van der Waals surface area contributed by atoms with E-state index < -0.39 is 0 Å². The van der Waals surface area contributed by atoms with Crippen LogP contribution in [0.5, 0.6) is 0 Å². The van der Waals surface area contributed by atoms with Gasteiger partial charge in [0.2, 0.25) is 0 Å². The second-order valence-corrected chi connectivity index (χ2v) is 7.37. The highest BCUT2D eigenvalue weighted by Gasteiger charge is 2.42. The highest BCUT2D eigenvalue weighted by atomic mass is 32.2. The van der Waals surface area contributed by atoms with Crippen LogP contribution in [0.15, 0.2) is 0 Å². The van der Waals surface area contributed by atoms with Crippen LogP contribution in [0.25, 0.3) is 0 Å². The van der Waals surface area contributed by atoms with Crippen LogP contribution in [0, 0.1) is 5.92 Å². The molecule has 4 heteroatoms. The molecule has 2 rings (SSSR count). The van der Waals surface area contributed by atoms with E-state index >= 15 is 0 Å². The smallest absolute Gasteiger partial charge is 0.0702 e. The predicted molar refractivity (Wildman–Crippen MR) is 86.5 cm³/mol. The molecule has 3 atom stereocenters. The van der Waals surface area contributed by atoms with Crippen molar-refractivity contribution < 1.29 is 9.47 Å². The van der Waals surface area contributed by atoms with Crippen molar-refractivity contribution in [3.8, 4) is 0 Å². The third-order valence-corrected chi connectivity index (χ3v) is 5.80. The molecule has 2 aliphatic rings. The van der Waals surface area contributed by atoms with E-state index in [4.69, 9.17) is 9.47 Å². The lowest BCUT2D eigenvalue weighted by Crippen LogP contribution is -2.52. The maximum absolute atomic E-state index is 6.22. The normalized spacial score (nSPS) is 29.2. The van der Waals surface area contributed by atoms with Gasteiger partial charge in [-0.2, -0.15) is 11.8 Å². The Balaban J connectivity index is 2.00. The van der Waals surface area contributed by atoms with Crippen LogP contribution in [-0.2, 0) is 9.47 Å². The SMILES string of the molecule is CCNC(C1CCOC2(CCSCC2)C1)C(C)OCC. The molecule has 3 nitrogen and oxygen atoms in total. The zero-order valence-electron chi connectivity index (χ0n) is 13.3. The summed E-state index contributed by atoms with van der Waals surface area (Å²) in [4.78, 5) is 0. The van der Waals surface area contributed by atoms with Gasteiger partial charge >= 0.3 is 0 Å². The monoisotopic (exact) mass is 301 g/mol. The number of hydrogen-bond donors (Lipinski definition) is 1. The summed E-state index contributed by atoms with van der Waals surface area (Å²) in [7, 11) is 0. The highest BCUT2D eigenvalue weighted by molar-refractivity contribution is 7.99. The van der Waals surface area contributed by atoms with E-state index in [0.29, 0.717) is 12.0 Å². The Hall–Kier alpha value is 0.230. The quantitative estimate of drug-likeness (QED) is 0.817. The van der Waals surface area contributed by atoms with Crippen LogP contribution < -0.4 is 5.32 Å². The first-order chi connectivity index (χ1) is 9.71. The minimum absolute atomic E-state index is 0.174. The van der Waals surface area contributed by atoms with Gasteiger partial charge in [-0.25, -0.2) is 0 Å². The lowest BCUT2D eigenvalue weighted by Gasteiger charge is -2.46. The van der Waals surface area contributed by atoms with Crippen molar-refractivity contribution in [2.24, 2.45) is 5.92 Å². The summed E-state index contributed by atoms with van der Waals surface area (Å²) >= 11 is 2.08. The molecule has 2 saturated heterocycles. The first kappa shape index (κ1) is 16.6. The second-order valence-electron chi connectivity index (χ2n) is 6.14. The zero-order chi connectivity index (χ0) is 14.4. The Morgan fingerprint density at radius 2 is 2.10 bits per heavy atom. The molecule has 0 radical (unpaired) electrons. The van der Waals surface area contributed by atoms with Crippen molar-refractivity contribution in [1.82, 2.24) is 5.32 Å². The Morgan fingerprint density at radius 3 is 2.75 bits per heavy atom. The number of hydrogen-bond acceptors (Lipinski definition) is 4. The van der Waals surface area contributed by atoms with Gasteiger partial charge in [0, 0.05) is 19.3 Å². The van der Waals surface area contributed by atoms with E-state index in [0.717, 1.165) is 19.8 Å². The number of likely N-dealkylation sites (N-methyl/N-ethyl adjacent to an activating group) is 1. The van der Waals surface area contributed by atoms with Gasteiger partial charge < -0.3 is 14.8 Å². The summed E-state index contributed by atoms with van der Waals surface area (Å²) in [5.74, 6) is 3.22. The Labute approximate surface area is 128 Å². The van der Waals surface area contributed by atoms with Gasteiger partial charge in [0.25, 0.3) is 0 Å². The van der Waals surface area contributed by atoms with Crippen molar-refractivity contribution in [2.45, 2.75) is 64.2 Å². The molecule has 0 aliphatic carbocycles. The molecule has 0 bridgehead atoms. The van der Waals surface area contributed by atoms with Gasteiger partial charge in [0.1, 0.15) is 0 Å². The average molecular weight is 301 g/mol. The molecule has 0 aromatic carbocycles. The number of ether oxygens (including phenoxy) is 2. The second kappa shape index (κ2) is 8.02. The summed E-state index contributed by atoms with van der Waals surface area (Å²) < 4.78 is 12.1. The molecule has 0 aromatic heterocycles. The summed E-state index contributed by atoms with van der Waals surface area (Å²) in [6.07, 6.45) is 5.14. The maximum Gasteiger partial charge on any atom is 0.0702 e. The van der Waals surface area contributed by atoms with Gasteiger partial charge in [0.15, 0.2) is 0 Å². The summed E-state index contributed by atoms with van der Waals surface area (Å²) in [5, 5.41) is 3.67. The van der Waals surface area contributed by atoms with Crippen LogP contribution in [0.4, 0.5) is 0 Å². The van der Waals surface area contributed by atoms with Gasteiger partial charge in [0.05, 0.1) is 11.7 Å². The minimum atomic E-state index is 0.174. The molecule has 1 N–H and O–H groups in total. The molecule has 2 aliphatic heterocycles. The molecule has 2 heterocycles. The number of rotatable bonds is 6. The Kier molecular flexibility index (Phi) is 6.66. The summed E-state index contributed by atoms with van der Waals surface area (Å²) in [6, 6.07) is 0.468. The Bertz CT molecular complexity index is 276. The van der Waals surface area contributed by atoms with Crippen LogP contribution in [0.3, 0.4) is 0 Å². The van der Waals surface area contributed by atoms with Gasteiger partial charge in [-0.05, 0) is 63.5 Å². The molecule has 20 heavy (non-hydrogen) atoms. The van der Waals surface area contributed by atoms with Crippen LogP contribution >= 0.6 is 11.8 Å². The molecular formula is C16H31NO2S. The van der Waals surface area contributed by atoms with Crippen molar-refractivity contribution in [3.63, 3.8) is 0 Å². The largest absolute Gasteiger partial charge is 0.377 e. The first-order valence-electron chi connectivity index (χ1n) is 8.27. The van der Waals surface area contributed by atoms with E-state index in [-0.39, 0.29) is 11.7 Å². The van der Waals surface area contributed by atoms with Crippen LogP contribution in [-0.4, -0.2) is 49.0 Å². The van der Waals surface area contributed by atoms with Crippen molar-refractivity contribution in [3.05, 3.63) is 0 Å². The Morgan fingerprint density at radius 1 is 1.35 bits per heavy atom. The molecule has 1 spiro atoms. The van der Waals surface area contributed by atoms with Gasteiger partial charge in [-0.15, -0.1) is 0 Å². The van der Waals surface area contributed by atoms with E-state index in [1.807, 2.05) is 0 Å². The van der Waals surface area contributed by atoms with E-state index in [9.17, 15) is 0 Å². The fraction of sp³-hybridized carbons (Fsp3) is 1.00. The average Bonchev–Trinajstić information content (AvgIpc) is 2.46. The van der Waals surface area contributed by atoms with Crippen molar-refractivity contribution >= 4 is 11.8 Å².